The topological polar surface area (TPSA) is 114 Å². The van der Waals surface area contributed by atoms with E-state index in [1.165, 1.54) is 7.11 Å². The number of hydrogen-bond donors (Lipinski definition) is 3. The minimum Gasteiger partial charge on any atom is -0.473 e. The van der Waals surface area contributed by atoms with Crippen molar-refractivity contribution in [3.8, 4) is 5.75 Å². The first kappa shape index (κ1) is 24.3. The normalized spacial score (nSPS) is 26.4. The van der Waals surface area contributed by atoms with Gasteiger partial charge in [0.15, 0.2) is 16.5 Å². The van der Waals surface area contributed by atoms with Crippen LogP contribution in [0, 0.1) is 6.92 Å². The molecule has 2 aromatic heterocycles. The number of thiol groups is 1. The first-order valence-corrected chi connectivity index (χ1v) is 10.8. The lowest BCUT2D eigenvalue weighted by molar-refractivity contribution is -0.145. The molecule has 0 bridgehead atoms. The molecule has 1 aliphatic heterocycles. The van der Waals surface area contributed by atoms with Crippen LogP contribution in [0.15, 0.2) is 12.4 Å². The van der Waals surface area contributed by atoms with Crippen molar-refractivity contribution in [2.24, 2.45) is 0 Å². The molecule has 3 heterocycles. The highest BCUT2D eigenvalue weighted by Gasteiger charge is 2.46. The molecule has 0 aromatic carbocycles. The van der Waals surface area contributed by atoms with Gasteiger partial charge in [0.1, 0.15) is 11.2 Å². The number of alkyl halides is 3. The van der Waals surface area contributed by atoms with E-state index >= 15 is 0 Å². The van der Waals surface area contributed by atoms with Gasteiger partial charge in [-0.1, -0.05) is 0 Å². The Balaban J connectivity index is 1.43. The molecule has 0 saturated heterocycles. The monoisotopic (exact) mass is 499 g/mol. The highest BCUT2D eigenvalue weighted by atomic mass is 32.1. The number of hydrogen-bond acceptors (Lipinski definition) is 10. The number of halogens is 3. The second-order valence-corrected chi connectivity index (χ2v) is 9.40. The highest BCUT2D eigenvalue weighted by molar-refractivity contribution is 7.81. The maximum atomic E-state index is 12.6. The number of methoxy groups -OCH3 is 1. The van der Waals surface area contributed by atoms with Crippen LogP contribution in [0.5, 0.6) is 5.75 Å². The molecule has 1 fully saturated rings. The smallest absolute Gasteiger partial charge is 0.451 e. The predicted octanol–water partition coefficient (Wildman–Crippen LogP) is 2.67. The molecule has 14 heteroatoms. The third-order valence-corrected chi connectivity index (χ3v) is 6.39. The summed E-state index contributed by atoms with van der Waals surface area (Å²) in [6.07, 6.45) is -1.79. The lowest BCUT2D eigenvalue weighted by atomic mass is 9.88. The molecule has 0 radical (unpaired) electrons. The number of carbonyl (C=O) groups is 1. The molecule has 2 aromatic rings. The van der Waals surface area contributed by atoms with Crippen LogP contribution < -0.4 is 20.3 Å². The fourth-order valence-electron chi connectivity index (χ4n) is 3.90. The Morgan fingerprint density at radius 3 is 2.53 bits per heavy atom. The number of ether oxygens (including phenoxy) is 2. The molecule has 2 N–H and O–H groups in total. The Kier molecular flexibility index (Phi) is 6.00. The number of aromatic nitrogens is 4. The summed E-state index contributed by atoms with van der Waals surface area (Å²) < 4.78 is 48.8. The molecule has 34 heavy (non-hydrogen) atoms. The van der Waals surface area contributed by atoms with Crippen LogP contribution in [0.3, 0.4) is 0 Å². The SMILES string of the molecule is COC[C@]1(C)C(=O)Nc2c(C)nc(NC3CC(S)(Oc4cnc(C(F)(F)F)nc4)C3)nc2N1C. The number of fused-ring (bicyclic) bond motifs is 1. The first-order valence-electron chi connectivity index (χ1n) is 10.3. The highest BCUT2D eigenvalue weighted by Crippen LogP contribution is 2.42. The minimum absolute atomic E-state index is 0.0841. The molecule has 1 atom stereocenters. The van der Waals surface area contributed by atoms with Gasteiger partial charge in [0.2, 0.25) is 11.8 Å². The Bertz CT molecular complexity index is 1100. The van der Waals surface area contributed by atoms with Crippen LogP contribution in [0.25, 0.3) is 0 Å². The molecule has 0 spiro atoms. The largest absolute Gasteiger partial charge is 0.473 e. The van der Waals surface area contributed by atoms with Crippen molar-refractivity contribution < 1.29 is 27.4 Å². The third kappa shape index (κ3) is 4.43. The standard InChI is InChI=1S/C20H24F3N7O3S/c1-10-13-14(30(3)18(2,9-32-4)16(31)28-13)29-17(26-10)27-11-5-19(34,6-11)33-12-7-24-15(25-8-12)20(21,22)23/h7-8,11,34H,5-6,9H2,1-4H3,(H,28,31)(H,26,27,29)/t11?,18-,19?/m1/s1. The van der Waals surface area contributed by atoms with E-state index in [2.05, 4.69) is 43.2 Å². The van der Waals surface area contributed by atoms with Gasteiger partial charge in [-0.3, -0.25) is 4.79 Å². The Morgan fingerprint density at radius 1 is 1.29 bits per heavy atom. The molecule has 4 rings (SSSR count). The third-order valence-electron chi connectivity index (χ3n) is 5.94. The predicted molar refractivity (Wildman–Crippen MR) is 120 cm³/mol. The average Bonchev–Trinajstić information content (AvgIpc) is 2.72. The van der Waals surface area contributed by atoms with Crippen molar-refractivity contribution >= 4 is 36.0 Å². The zero-order chi connectivity index (χ0) is 24.9. The zero-order valence-corrected chi connectivity index (χ0v) is 19.8. The maximum Gasteiger partial charge on any atom is 0.451 e. The lowest BCUT2D eigenvalue weighted by Crippen LogP contribution is -2.59. The van der Waals surface area contributed by atoms with Gasteiger partial charge in [0.05, 0.1) is 24.7 Å². The number of nitrogens with one attached hydrogen (secondary N) is 2. The Morgan fingerprint density at radius 2 is 1.94 bits per heavy atom. The van der Waals surface area contributed by atoms with Gasteiger partial charge in [0.25, 0.3) is 5.91 Å². The van der Waals surface area contributed by atoms with E-state index in [-0.39, 0.29) is 24.3 Å². The van der Waals surface area contributed by atoms with Gasteiger partial charge in [-0.05, 0) is 13.8 Å². The van der Waals surface area contributed by atoms with Crippen LogP contribution in [0.4, 0.5) is 30.6 Å². The number of nitrogens with zero attached hydrogens (tertiary/aromatic N) is 5. The van der Waals surface area contributed by atoms with Crippen molar-refractivity contribution in [3.05, 3.63) is 23.9 Å². The van der Waals surface area contributed by atoms with E-state index in [0.29, 0.717) is 36.0 Å². The summed E-state index contributed by atoms with van der Waals surface area (Å²) in [4.78, 5) is 29.1. The maximum absolute atomic E-state index is 12.6. The number of rotatable bonds is 6. The van der Waals surface area contributed by atoms with Crippen molar-refractivity contribution in [2.75, 3.05) is 36.3 Å². The molecule has 2 aliphatic rings. The van der Waals surface area contributed by atoms with Crippen LogP contribution in [0.2, 0.25) is 0 Å². The summed E-state index contributed by atoms with van der Waals surface area (Å²) >= 11 is 4.51. The van der Waals surface area contributed by atoms with Gasteiger partial charge in [-0.2, -0.15) is 18.2 Å². The lowest BCUT2D eigenvalue weighted by Gasteiger charge is -2.44. The fourth-order valence-corrected chi connectivity index (χ4v) is 4.45. The van der Waals surface area contributed by atoms with Crippen molar-refractivity contribution in [1.29, 1.82) is 0 Å². The summed E-state index contributed by atoms with van der Waals surface area (Å²) in [5.74, 6) is -0.415. The summed E-state index contributed by atoms with van der Waals surface area (Å²) in [6.45, 7) is 3.72. The van der Waals surface area contributed by atoms with E-state index in [9.17, 15) is 18.0 Å². The molecule has 1 saturated carbocycles. The second-order valence-electron chi connectivity index (χ2n) is 8.59. The number of aryl methyl sites for hydroxylation is 1. The van der Waals surface area contributed by atoms with Crippen LogP contribution in [0.1, 0.15) is 31.3 Å². The molecule has 10 nitrogen and oxygen atoms in total. The molecule has 1 amide bonds. The number of amides is 1. The van der Waals surface area contributed by atoms with Crippen LogP contribution in [-0.2, 0) is 15.7 Å². The van der Waals surface area contributed by atoms with E-state index in [1.807, 2.05) is 0 Å². The van der Waals surface area contributed by atoms with E-state index in [0.717, 1.165) is 12.4 Å². The minimum atomic E-state index is -4.62. The Labute approximate surface area is 199 Å². The molecule has 0 unspecified atom stereocenters. The summed E-state index contributed by atoms with van der Waals surface area (Å²) in [7, 11) is 3.30. The summed E-state index contributed by atoms with van der Waals surface area (Å²) in [5.41, 5.74) is 0.199. The fraction of sp³-hybridized carbons (Fsp3) is 0.550. The molecule has 1 aliphatic carbocycles. The second kappa shape index (κ2) is 8.41. The number of likely N-dealkylation sites (N-methyl/N-ethyl adjacent to an activating group) is 1. The van der Waals surface area contributed by atoms with Gasteiger partial charge in [-0.25, -0.2) is 15.0 Å². The van der Waals surface area contributed by atoms with Gasteiger partial charge in [0, 0.05) is 33.0 Å². The summed E-state index contributed by atoms with van der Waals surface area (Å²) in [6, 6.07) is -0.0841. The molecule has 184 valence electrons. The quantitative estimate of drug-likeness (QED) is 0.408. The summed E-state index contributed by atoms with van der Waals surface area (Å²) in [5, 5.41) is 6.10. The first-order chi connectivity index (χ1) is 15.8. The van der Waals surface area contributed by atoms with Crippen LogP contribution in [-0.4, -0.2) is 63.1 Å². The van der Waals surface area contributed by atoms with Gasteiger partial charge in [-0.15, -0.1) is 12.6 Å². The van der Waals surface area contributed by atoms with Gasteiger partial charge < -0.3 is 25.0 Å². The van der Waals surface area contributed by atoms with E-state index in [1.54, 1.807) is 25.8 Å². The van der Waals surface area contributed by atoms with Gasteiger partial charge >= 0.3 is 6.18 Å². The van der Waals surface area contributed by atoms with E-state index < -0.39 is 22.5 Å². The number of carbonyl (C=O) groups excluding carboxylic acids is 1. The van der Waals surface area contributed by atoms with Crippen molar-refractivity contribution in [1.82, 2.24) is 19.9 Å². The zero-order valence-electron chi connectivity index (χ0n) is 18.9. The average molecular weight is 500 g/mol. The van der Waals surface area contributed by atoms with Crippen LogP contribution >= 0.6 is 12.6 Å². The number of anilines is 3. The van der Waals surface area contributed by atoms with Crippen molar-refractivity contribution in [3.63, 3.8) is 0 Å². The Hall–Kier alpha value is -2.87. The molecular weight excluding hydrogens is 475 g/mol. The van der Waals surface area contributed by atoms with Crippen molar-refractivity contribution in [2.45, 2.75) is 49.4 Å². The van der Waals surface area contributed by atoms with E-state index in [4.69, 9.17) is 9.47 Å². The molecular formula is C20H24F3N7O3S.